The second kappa shape index (κ2) is 7.54. The number of nitrogens with zero attached hydrogens (tertiary/aromatic N) is 1. The summed E-state index contributed by atoms with van der Waals surface area (Å²) in [5.41, 5.74) is 1.87. The Morgan fingerprint density at radius 3 is 2.71 bits per heavy atom. The van der Waals surface area contributed by atoms with Crippen LogP contribution in [0.2, 0.25) is 5.02 Å². The maximum absolute atomic E-state index is 6.10. The van der Waals surface area contributed by atoms with E-state index in [2.05, 4.69) is 47.5 Å². The van der Waals surface area contributed by atoms with Gasteiger partial charge in [0.15, 0.2) is 5.11 Å². The number of hydrogen-bond acceptors (Lipinski definition) is 2. The third kappa shape index (κ3) is 4.64. The van der Waals surface area contributed by atoms with Crippen molar-refractivity contribution in [2.24, 2.45) is 0 Å². The molecule has 21 heavy (non-hydrogen) atoms. The second-order valence-corrected chi connectivity index (χ2v) is 6.81. The molecule has 1 aromatic heterocycles. The third-order valence-electron chi connectivity index (χ3n) is 2.73. The molecular formula is C14H12Br2ClN3S. The molecule has 1 aromatic carbocycles. The van der Waals surface area contributed by atoms with Gasteiger partial charge in [0.1, 0.15) is 5.82 Å². The minimum absolute atomic E-state index is 0.491. The molecule has 2 aromatic rings. The molecule has 0 atom stereocenters. The molecule has 0 bridgehead atoms. The van der Waals surface area contributed by atoms with Crippen molar-refractivity contribution in [1.29, 1.82) is 0 Å². The predicted molar refractivity (Wildman–Crippen MR) is 98.9 cm³/mol. The smallest absolute Gasteiger partial charge is 0.172 e. The summed E-state index contributed by atoms with van der Waals surface area (Å²) in [7, 11) is 0. The van der Waals surface area contributed by atoms with E-state index < -0.39 is 0 Å². The second-order valence-electron chi connectivity index (χ2n) is 4.29. The van der Waals surface area contributed by atoms with Crippen molar-refractivity contribution in [2.75, 3.05) is 5.32 Å². The molecule has 2 rings (SSSR count). The van der Waals surface area contributed by atoms with Gasteiger partial charge in [-0.1, -0.05) is 29.8 Å². The summed E-state index contributed by atoms with van der Waals surface area (Å²) in [6.45, 7) is 2.47. The minimum atomic E-state index is 0.491. The number of nitrogens with one attached hydrogen (secondary N) is 2. The van der Waals surface area contributed by atoms with Crippen LogP contribution in [0.25, 0.3) is 0 Å². The van der Waals surface area contributed by atoms with Gasteiger partial charge in [0, 0.05) is 16.0 Å². The molecule has 0 saturated heterocycles. The number of benzene rings is 1. The number of thiocarbonyl (C=S) groups is 1. The van der Waals surface area contributed by atoms with Gasteiger partial charge in [0.2, 0.25) is 0 Å². The first-order valence-corrected chi connectivity index (χ1v) is 8.45. The Labute approximate surface area is 150 Å². The Bertz CT molecular complexity index is 679. The number of aromatic nitrogens is 1. The predicted octanol–water partition coefficient (Wildman–Crippen LogP) is 5.06. The molecule has 0 aliphatic carbocycles. The van der Waals surface area contributed by atoms with E-state index >= 15 is 0 Å². The van der Waals surface area contributed by atoms with Gasteiger partial charge in [-0.15, -0.1) is 0 Å². The van der Waals surface area contributed by atoms with Crippen LogP contribution in [0.4, 0.5) is 5.82 Å². The van der Waals surface area contributed by atoms with Gasteiger partial charge in [-0.25, -0.2) is 4.98 Å². The molecule has 7 heteroatoms. The highest BCUT2D eigenvalue weighted by atomic mass is 79.9. The third-order valence-corrected chi connectivity index (χ3v) is 4.76. The lowest BCUT2D eigenvalue weighted by Crippen LogP contribution is -2.28. The van der Waals surface area contributed by atoms with Gasteiger partial charge in [-0.05, 0) is 68.7 Å². The molecule has 0 aliphatic rings. The van der Waals surface area contributed by atoms with E-state index in [0.29, 0.717) is 22.5 Å². The van der Waals surface area contributed by atoms with Gasteiger partial charge in [-0.3, -0.25) is 0 Å². The molecule has 0 spiro atoms. The van der Waals surface area contributed by atoms with E-state index in [0.717, 1.165) is 20.2 Å². The lowest BCUT2D eigenvalue weighted by molar-refractivity contribution is 0.924. The van der Waals surface area contributed by atoms with Crippen molar-refractivity contribution in [3.05, 3.63) is 55.6 Å². The van der Waals surface area contributed by atoms with Gasteiger partial charge in [0.25, 0.3) is 0 Å². The summed E-state index contributed by atoms with van der Waals surface area (Å²) in [6, 6.07) is 9.58. The number of pyridine rings is 1. The summed E-state index contributed by atoms with van der Waals surface area (Å²) in [4.78, 5) is 4.43. The highest BCUT2D eigenvalue weighted by Crippen LogP contribution is 2.26. The van der Waals surface area contributed by atoms with Crippen LogP contribution < -0.4 is 10.6 Å². The summed E-state index contributed by atoms with van der Waals surface area (Å²) >= 11 is 18.3. The van der Waals surface area contributed by atoms with Gasteiger partial charge in [-0.2, -0.15) is 0 Å². The number of aryl methyl sites for hydroxylation is 1. The normalized spacial score (nSPS) is 10.3. The fourth-order valence-electron chi connectivity index (χ4n) is 1.62. The average Bonchev–Trinajstić information content (AvgIpc) is 2.44. The standard InChI is InChI=1S/C14H12Br2ClN3S/c1-8-10(15)6-11(16)13(19-8)20-14(21)18-7-9-4-2-3-5-12(9)17/h2-6H,7H2,1H3,(H2,18,19,20,21). The van der Waals surface area contributed by atoms with Crippen molar-refractivity contribution in [3.63, 3.8) is 0 Å². The summed E-state index contributed by atoms with van der Waals surface area (Å²) in [6.07, 6.45) is 0. The summed E-state index contributed by atoms with van der Waals surface area (Å²) < 4.78 is 1.77. The molecule has 0 fully saturated rings. The fraction of sp³-hybridized carbons (Fsp3) is 0.143. The van der Waals surface area contributed by atoms with Crippen LogP contribution in [0, 0.1) is 6.92 Å². The molecule has 3 nitrogen and oxygen atoms in total. The Morgan fingerprint density at radius 2 is 2.00 bits per heavy atom. The number of halogens is 3. The van der Waals surface area contributed by atoms with Crippen LogP contribution in [0.1, 0.15) is 11.3 Å². The molecule has 0 amide bonds. The average molecular weight is 450 g/mol. The van der Waals surface area contributed by atoms with Crippen LogP contribution in [0.3, 0.4) is 0 Å². The van der Waals surface area contributed by atoms with Gasteiger partial charge < -0.3 is 10.6 Å². The first-order valence-electron chi connectivity index (χ1n) is 6.08. The highest BCUT2D eigenvalue weighted by Gasteiger charge is 2.08. The molecule has 0 radical (unpaired) electrons. The van der Waals surface area contributed by atoms with Crippen molar-refractivity contribution in [3.8, 4) is 0 Å². The molecule has 2 N–H and O–H groups in total. The van der Waals surface area contributed by atoms with Gasteiger partial charge >= 0.3 is 0 Å². The molecule has 0 saturated carbocycles. The Hall–Kier alpha value is -0.690. The first-order chi connectivity index (χ1) is 9.97. The maximum atomic E-state index is 6.10. The van der Waals surface area contributed by atoms with Crippen LogP contribution >= 0.6 is 55.7 Å². The lowest BCUT2D eigenvalue weighted by Gasteiger charge is -2.13. The Balaban J connectivity index is 1.99. The molecule has 0 unspecified atom stereocenters. The number of anilines is 1. The number of rotatable bonds is 3. The highest BCUT2D eigenvalue weighted by molar-refractivity contribution is 9.11. The van der Waals surface area contributed by atoms with E-state index in [-0.39, 0.29) is 0 Å². The summed E-state index contributed by atoms with van der Waals surface area (Å²) in [5.74, 6) is 0.673. The van der Waals surface area contributed by atoms with Crippen LogP contribution in [0.15, 0.2) is 39.3 Å². The Morgan fingerprint density at radius 1 is 1.29 bits per heavy atom. The molecular weight excluding hydrogens is 438 g/mol. The SMILES string of the molecule is Cc1nc(NC(=S)NCc2ccccc2Cl)c(Br)cc1Br. The zero-order valence-electron chi connectivity index (χ0n) is 11.1. The molecule has 1 heterocycles. The Kier molecular flexibility index (Phi) is 5.98. The van der Waals surface area contributed by atoms with Gasteiger partial charge in [0.05, 0.1) is 10.2 Å². The van der Waals surface area contributed by atoms with E-state index in [4.69, 9.17) is 23.8 Å². The van der Waals surface area contributed by atoms with E-state index in [9.17, 15) is 0 Å². The van der Waals surface area contributed by atoms with Crippen molar-refractivity contribution < 1.29 is 0 Å². The van der Waals surface area contributed by atoms with E-state index in [1.807, 2.05) is 37.3 Å². The number of hydrogen-bond donors (Lipinski definition) is 2. The summed E-state index contributed by atoms with van der Waals surface area (Å²) in [5, 5.41) is 7.38. The molecule has 0 aliphatic heterocycles. The molecule has 110 valence electrons. The topological polar surface area (TPSA) is 37.0 Å². The van der Waals surface area contributed by atoms with Crippen molar-refractivity contribution in [1.82, 2.24) is 10.3 Å². The zero-order chi connectivity index (χ0) is 15.4. The largest absolute Gasteiger partial charge is 0.358 e. The van der Waals surface area contributed by atoms with E-state index in [1.54, 1.807) is 0 Å². The zero-order valence-corrected chi connectivity index (χ0v) is 15.8. The first kappa shape index (κ1) is 16.7. The van der Waals surface area contributed by atoms with Crippen molar-refractivity contribution >= 4 is 66.6 Å². The quantitative estimate of drug-likeness (QED) is 0.643. The van der Waals surface area contributed by atoms with Crippen molar-refractivity contribution in [2.45, 2.75) is 13.5 Å². The van der Waals surface area contributed by atoms with E-state index in [1.165, 1.54) is 0 Å². The minimum Gasteiger partial charge on any atom is -0.358 e. The maximum Gasteiger partial charge on any atom is 0.172 e. The van der Waals surface area contributed by atoms with Crippen LogP contribution in [-0.2, 0) is 6.54 Å². The monoisotopic (exact) mass is 447 g/mol. The fourth-order valence-corrected chi connectivity index (χ4v) is 3.03. The van der Waals surface area contributed by atoms with Crippen LogP contribution in [0.5, 0.6) is 0 Å². The van der Waals surface area contributed by atoms with Crippen LogP contribution in [-0.4, -0.2) is 10.1 Å². The lowest BCUT2D eigenvalue weighted by atomic mass is 10.2.